The summed E-state index contributed by atoms with van der Waals surface area (Å²) in [6, 6.07) is 7.71. The van der Waals surface area contributed by atoms with Gasteiger partial charge in [-0.05, 0) is 30.5 Å². The largest absolute Gasteiger partial charge is 0.301 e. The van der Waals surface area contributed by atoms with Gasteiger partial charge in [0.1, 0.15) is 0 Å². The molecule has 0 atom stereocenters. The van der Waals surface area contributed by atoms with Crippen LogP contribution in [0.5, 0.6) is 0 Å². The van der Waals surface area contributed by atoms with Crippen molar-refractivity contribution in [3.05, 3.63) is 29.8 Å². The molecule has 1 N–H and O–H groups in total. The van der Waals surface area contributed by atoms with E-state index in [-0.39, 0.29) is 5.75 Å². The summed E-state index contributed by atoms with van der Waals surface area (Å²) in [5.74, 6) is 0.816. The molecule has 1 aromatic rings. The highest BCUT2D eigenvalue weighted by molar-refractivity contribution is 7.92. The highest BCUT2D eigenvalue weighted by atomic mass is 32.2. The highest BCUT2D eigenvalue weighted by Crippen LogP contribution is 2.14. The number of piperazine rings is 1. The number of nitrogens with zero attached hydrogens (tertiary/aromatic N) is 2. The van der Waals surface area contributed by atoms with Crippen LogP contribution in [0, 0.1) is 5.92 Å². The van der Waals surface area contributed by atoms with E-state index in [1.54, 1.807) is 6.92 Å². The third kappa shape index (κ3) is 6.12. The smallest absolute Gasteiger partial charge is 0.232 e. The van der Waals surface area contributed by atoms with Crippen LogP contribution in [0.15, 0.2) is 24.3 Å². The molecule has 1 aliphatic heterocycles. The van der Waals surface area contributed by atoms with Gasteiger partial charge < -0.3 is 4.90 Å². The maximum absolute atomic E-state index is 11.6. The molecular formula is C17H29N3O2S. The first kappa shape index (κ1) is 18.2. The second-order valence-corrected chi connectivity index (χ2v) is 8.68. The average Bonchev–Trinajstić information content (AvgIpc) is 2.50. The lowest BCUT2D eigenvalue weighted by atomic mass is 10.1. The number of rotatable bonds is 7. The van der Waals surface area contributed by atoms with Crippen molar-refractivity contribution in [1.82, 2.24) is 9.80 Å². The van der Waals surface area contributed by atoms with Gasteiger partial charge in [0.2, 0.25) is 10.0 Å². The highest BCUT2D eigenvalue weighted by Gasteiger charge is 2.17. The van der Waals surface area contributed by atoms with Crippen LogP contribution in [0.4, 0.5) is 5.69 Å². The van der Waals surface area contributed by atoms with E-state index in [1.807, 2.05) is 24.3 Å². The average molecular weight is 340 g/mol. The van der Waals surface area contributed by atoms with Crippen LogP contribution >= 0.6 is 0 Å². The number of sulfonamides is 1. The minimum Gasteiger partial charge on any atom is -0.301 e. The third-order valence-electron chi connectivity index (χ3n) is 4.10. The van der Waals surface area contributed by atoms with Crippen molar-refractivity contribution in [2.45, 2.75) is 27.3 Å². The molecule has 1 heterocycles. The van der Waals surface area contributed by atoms with E-state index in [9.17, 15) is 8.42 Å². The lowest BCUT2D eigenvalue weighted by molar-refractivity contribution is 0.117. The fourth-order valence-corrected chi connectivity index (χ4v) is 3.47. The molecule has 0 aliphatic carbocycles. The molecule has 0 aromatic heterocycles. The molecule has 0 amide bonds. The Morgan fingerprint density at radius 2 is 1.61 bits per heavy atom. The van der Waals surface area contributed by atoms with Crippen molar-refractivity contribution in [1.29, 1.82) is 0 Å². The van der Waals surface area contributed by atoms with Gasteiger partial charge in [0.05, 0.1) is 5.75 Å². The monoisotopic (exact) mass is 339 g/mol. The second kappa shape index (κ2) is 8.13. The van der Waals surface area contributed by atoms with Crippen LogP contribution < -0.4 is 4.72 Å². The van der Waals surface area contributed by atoms with Gasteiger partial charge in [0.15, 0.2) is 0 Å². The molecule has 130 valence electrons. The Kier molecular flexibility index (Phi) is 6.44. The zero-order valence-electron chi connectivity index (χ0n) is 14.5. The number of hydrogen-bond acceptors (Lipinski definition) is 4. The summed E-state index contributed by atoms with van der Waals surface area (Å²) >= 11 is 0. The van der Waals surface area contributed by atoms with Gasteiger partial charge in [-0.25, -0.2) is 8.42 Å². The summed E-state index contributed by atoms with van der Waals surface area (Å²) in [6.45, 7) is 12.7. The normalized spacial score (nSPS) is 17.6. The molecule has 5 nitrogen and oxygen atoms in total. The third-order valence-corrected chi connectivity index (χ3v) is 5.41. The predicted molar refractivity (Wildman–Crippen MR) is 96.1 cm³/mol. The molecule has 0 saturated carbocycles. The van der Waals surface area contributed by atoms with Gasteiger partial charge in [-0.2, -0.15) is 0 Å². The maximum atomic E-state index is 11.6. The first-order chi connectivity index (χ1) is 10.9. The van der Waals surface area contributed by atoms with Gasteiger partial charge in [0.25, 0.3) is 0 Å². The molecule has 0 radical (unpaired) electrons. The van der Waals surface area contributed by atoms with E-state index >= 15 is 0 Å². The van der Waals surface area contributed by atoms with Crippen molar-refractivity contribution in [2.75, 3.05) is 43.2 Å². The Balaban J connectivity index is 1.83. The minimum absolute atomic E-state index is 0.0927. The summed E-state index contributed by atoms with van der Waals surface area (Å²) < 4.78 is 25.7. The molecule has 1 fully saturated rings. The van der Waals surface area contributed by atoms with E-state index in [4.69, 9.17) is 0 Å². The van der Waals surface area contributed by atoms with E-state index < -0.39 is 10.0 Å². The molecule has 1 aliphatic rings. The lowest BCUT2D eigenvalue weighted by Gasteiger charge is -2.35. The van der Waals surface area contributed by atoms with Crippen LogP contribution in [0.2, 0.25) is 0 Å². The molecular weight excluding hydrogens is 310 g/mol. The van der Waals surface area contributed by atoms with Crippen LogP contribution in [-0.2, 0) is 16.6 Å². The van der Waals surface area contributed by atoms with E-state index in [1.165, 1.54) is 12.1 Å². The van der Waals surface area contributed by atoms with Crippen molar-refractivity contribution in [2.24, 2.45) is 5.92 Å². The first-order valence-electron chi connectivity index (χ1n) is 8.42. The summed E-state index contributed by atoms with van der Waals surface area (Å²) in [5.41, 5.74) is 1.86. The van der Waals surface area contributed by atoms with Gasteiger partial charge >= 0.3 is 0 Å². The van der Waals surface area contributed by atoms with Crippen molar-refractivity contribution in [3.63, 3.8) is 0 Å². The van der Waals surface area contributed by atoms with Gasteiger partial charge in [-0.3, -0.25) is 9.62 Å². The zero-order chi connectivity index (χ0) is 16.9. The molecule has 1 saturated heterocycles. The first-order valence-corrected chi connectivity index (χ1v) is 10.1. The van der Waals surface area contributed by atoms with E-state index in [0.717, 1.165) is 38.6 Å². The molecule has 0 bridgehead atoms. The van der Waals surface area contributed by atoms with E-state index in [2.05, 4.69) is 28.4 Å². The standard InChI is InChI=1S/C17H29N3O2S/c1-4-23(21,22)18-17-7-5-16(6-8-17)14-20-11-9-19(10-12-20)13-15(2)3/h5-8,15,18H,4,9-14H2,1-3H3. The molecule has 2 rings (SSSR count). The summed E-state index contributed by atoms with van der Waals surface area (Å²) in [5, 5.41) is 0. The van der Waals surface area contributed by atoms with Crippen LogP contribution in [0.1, 0.15) is 26.3 Å². The van der Waals surface area contributed by atoms with Gasteiger partial charge in [-0.15, -0.1) is 0 Å². The topological polar surface area (TPSA) is 52.7 Å². The fraction of sp³-hybridized carbons (Fsp3) is 0.647. The van der Waals surface area contributed by atoms with Crippen LogP contribution in [-0.4, -0.2) is 56.7 Å². The molecule has 1 aromatic carbocycles. The Morgan fingerprint density at radius 3 is 2.13 bits per heavy atom. The quantitative estimate of drug-likeness (QED) is 0.828. The summed E-state index contributed by atoms with van der Waals surface area (Å²) in [6.07, 6.45) is 0. The summed E-state index contributed by atoms with van der Waals surface area (Å²) in [7, 11) is -3.19. The molecule has 0 unspecified atom stereocenters. The lowest BCUT2D eigenvalue weighted by Crippen LogP contribution is -2.46. The van der Waals surface area contributed by atoms with Crippen LogP contribution in [0.3, 0.4) is 0 Å². The minimum atomic E-state index is -3.19. The second-order valence-electron chi connectivity index (χ2n) is 6.67. The van der Waals surface area contributed by atoms with Crippen molar-refractivity contribution in [3.8, 4) is 0 Å². The van der Waals surface area contributed by atoms with E-state index in [0.29, 0.717) is 5.69 Å². The Hall–Kier alpha value is -1.11. The van der Waals surface area contributed by atoms with Gasteiger partial charge in [-0.1, -0.05) is 26.0 Å². The summed E-state index contributed by atoms with van der Waals surface area (Å²) in [4.78, 5) is 4.99. The zero-order valence-corrected chi connectivity index (χ0v) is 15.3. The Morgan fingerprint density at radius 1 is 1.04 bits per heavy atom. The molecule has 6 heteroatoms. The number of anilines is 1. The van der Waals surface area contributed by atoms with Crippen molar-refractivity contribution >= 4 is 15.7 Å². The van der Waals surface area contributed by atoms with Crippen molar-refractivity contribution < 1.29 is 8.42 Å². The predicted octanol–water partition coefficient (Wildman–Crippen LogP) is 2.22. The van der Waals surface area contributed by atoms with Gasteiger partial charge in [0, 0.05) is 45.0 Å². The number of nitrogens with one attached hydrogen (secondary N) is 1. The maximum Gasteiger partial charge on any atom is 0.232 e. The molecule has 0 spiro atoms. The Bertz CT molecular complexity index is 576. The Labute approximate surface area is 140 Å². The molecule has 23 heavy (non-hydrogen) atoms. The number of benzene rings is 1. The number of hydrogen-bond donors (Lipinski definition) is 1. The van der Waals surface area contributed by atoms with Crippen LogP contribution in [0.25, 0.3) is 0 Å². The SMILES string of the molecule is CCS(=O)(=O)Nc1ccc(CN2CCN(CC(C)C)CC2)cc1. The fourth-order valence-electron chi connectivity index (χ4n) is 2.83.